The second-order valence-corrected chi connectivity index (χ2v) is 6.04. The summed E-state index contributed by atoms with van der Waals surface area (Å²) in [6, 6.07) is 5.46. The predicted octanol–water partition coefficient (Wildman–Crippen LogP) is 5.02. The SMILES string of the molecule is CCCc1nc(-c2ccc(OC)c(Cl)c2)nc(Cl)c1I. The molecule has 0 saturated carbocycles. The van der Waals surface area contributed by atoms with Crippen LogP contribution in [0.15, 0.2) is 18.2 Å². The average Bonchev–Trinajstić information content (AvgIpc) is 2.43. The van der Waals surface area contributed by atoms with Gasteiger partial charge in [-0.1, -0.05) is 36.5 Å². The van der Waals surface area contributed by atoms with Crippen molar-refractivity contribution in [2.45, 2.75) is 19.8 Å². The Hall–Kier alpha value is -0.590. The lowest BCUT2D eigenvalue weighted by atomic mass is 10.2. The largest absolute Gasteiger partial charge is 0.495 e. The van der Waals surface area contributed by atoms with Crippen molar-refractivity contribution in [2.24, 2.45) is 0 Å². The van der Waals surface area contributed by atoms with Crippen molar-refractivity contribution >= 4 is 45.8 Å². The highest BCUT2D eigenvalue weighted by atomic mass is 127. The third-order valence-electron chi connectivity index (χ3n) is 2.78. The first-order valence-electron chi connectivity index (χ1n) is 6.12. The van der Waals surface area contributed by atoms with Crippen LogP contribution in [-0.2, 0) is 6.42 Å². The van der Waals surface area contributed by atoms with Crippen LogP contribution >= 0.6 is 45.8 Å². The molecule has 0 atom stereocenters. The molecule has 6 heteroatoms. The summed E-state index contributed by atoms with van der Waals surface area (Å²) in [4.78, 5) is 8.92. The summed E-state index contributed by atoms with van der Waals surface area (Å²) in [5, 5.41) is 1.01. The van der Waals surface area contributed by atoms with E-state index in [1.54, 1.807) is 19.2 Å². The zero-order chi connectivity index (χ0) is 14.7. The number of aryl methyl sites for hydroxylation is 1. The first-order valence-corrected chi connectivity index (χ1v) is 7.96. The molecule has 2 rings (SSSR count). The van der Waals surface area contributed by atoms with E-state index < -0.39 is 0 Å². The number of halogens is 3. The molecule has 0 unspecified atom stereocenters. The summed E-state index contributed by atoms with van der Waals surface area (Å²) < 4.78 is 6.05. The standard InChI is InChI=1S/C14H13Cl2IN2O/c1-3-4-10-12(17)13(16)19-14(18-10)8-5-6-11(20-2)9(15)7-8/h5-7H,3-4H2,1-2H3. The van der Waals surface area contributed by atoms with Gasteiger partial charge < -0.3 is 4.74 Å². The lowest BCUT2D eigenvalue weighted by molar-refractivity contribution is 0.415. The van der Waals surface area contributed by atoms with Gasteiger partial charge in [0, 0.05) is 5.56 Å². The van der Waals surface area contributed by atoms with E-state index in [0.29, 0.717) is 21.7 Å². The predicted molar refractivity (Wildman–Crippen MR) is 90.8 cm³/mol. The molecule has 0 fully saturated rings. The quantitative estimate of drug-likeness (QED) is 0.512. The summed E-state index contributed by atoms with van der Waals surface area (Å²) in [7, 11) is 1.58. The van der Waals surface area contributed by atoms with Crippen LogP contribution in [0.5, 0.6) is 5.75 Å². The first kappa shape index (κ1) is 15.8. The fraction of sp³-hybridized carbons (Fsp3) is 0.286. The molecular weight excluding hydrogens is 410 g/mol. The summed E-state index contributed by atoms with van der Waals surface area (Å²) >= 11 is 14.5. The van der Waals surface area contributed by atoms with Gasteiger partial charge in [-0.3, -0.25) is 0 Å². The second-order valence-electron chi connectivity index (χ2n) is 4.20. The Balaban J connectivity index is 2.49. The normalized spacial score (nSPS) is 10.7. The van der Waals surface area contributed by atoms with E-state index in [9.17, 15) is 0 Å². The second kappa shape index (κ2) is 6.91. The van der Waals surface area contributed by atoms with Crippen molar-refractivity contribution in [3.63, 3.8) is 0 Å². The minimum atomic E-state index is 0.478. The van der Waals surface area contributed by atoms with Gasteiger partial charge in [-0.25, -0.2) is 9.97 Å². The Kier molecular flexibility index (Phi) is 5.46. The molecule has 0 aliphatic carbocycles. The number of methoxy groups -OCH3 is 1. The minimum absolute atomic E-state index is 0.478. The third kappa shape index (κ3) is 3.35. The van der Waals surface area contributed by atoms with Gasteiger partial charge in [-0.2, -0.15) is 0 Å². The van der Waals surface area contributed by atoms with Crippen molar-refractivity contribution in [3.8, 4) is 17.1 Å². The molecular formula is C14H13Cl2IN2O. The van der Waals surface area contributed by atoms with E-state index >= 15 is 0 Å². The topological polar surface area (TPSA) is 35.0 Å². The molecule has 106 valence electrons. The molecule has 0 aliphatic rings. The number of nitrogens with zero attached hydrogens (tertiary/aromatic N) is 2. The average molecular weight is 423 g/mol. The van der Waals surface area contributed by atoms with Gasteiger partial charge in [0.25, 0.3) is 0 Å². The van der Waals surface area contributed by atoms with E-state index in [2.05, 4.69) is 39.5 Å². The molecule has 0 spiro atoms. The van der Waals surface area contributed by atoms with Gasteiger partial charge in [0.15, 0.2) is 5.82 Å². The zero-order valence-corrected chi connectivity index (χ0v) is 14.8. The van der Waals surface area contributed by atoms with E-state index in [4.69, 9.17) is 27.9 Å². The third-order valence-corrected chi connectivity index (χ3v) is 4.80. The molecule has 2 aromatic rings. The van der Waals surface area contributed by atoms with Crippen LogP contribution in [0.2, 0.25) is 10.2 Å². The van der Waals surface area contributed by atoms with Gasteiger partial charge in [0.1, 0.15) is 10.9 Å². The molecule has 1 aromatic heterocycles. The van der Waals surface area contributed by atoms with E-state index in [1.807, 2.05) is 6.07 Å². The minimum Gasteiger partial charge on any atom is -0.495 e. The summed E-state index contributed by atoms with van der Waals surface area (Å²) in [6.07, 6.45) is 1.88. The van der Waals surface area contributed by atoms with Crippen LogP contribution in [0.25, 0.3) is 11.4 Å². The number of benzene rings is 1. The molecule has 1 heterocycles. The first-order chi connectivity index (χ1) is 9.56. The van der Waals surface area contributed by atoms with Gasteiger partial charge >= 0.3 is 0 Å². The molecule has 3 nitrogen and oxygen atoms in total. The van der Waals surface area contributed by atoms with Crippen molar-refractivity contribution in [2.75, 3.05) is 7.11 Å². The summed E-state index contributed by atoms with van der Waals surface area (Å²) in [6.45, 7) is 2.11. The number of hydrogen-bond acceptors (Lipinski definition) is 3. The maximum atomic E-state index is 6.19. The maximum Gasteiger partial charge on any atom is 0.161 e. The molecule has 0 bridgehead atoms. The fourth-order valence-corrected chi connectivity index (χ4v) is 2.76. The van der Waals surface area contributed by atoms with Crippen LogP contribution in [0.3, 0.4) is 0 Å². The molecule has 0 radical (unpaired) electrons. The number of rotatable bonds is 4. The Morgan fingerprint density at radius 1 is 1.25 bits per heavy atom. The van der Waals surface area contributed by atoms with E-state index in [-0.39, 0.29) is 0 Å². The number of aromatic nitrogens is 2. The number of hydrogen-bond donors (Lipinski definition) is 0. The van der Waals surface area contributed by atoms with Gasteiger partial charge in [-0.15, -0.1) is 0 Å². The summed E-state index contributed by atoms with van der Waals surface area (Å²) in [5.41, 5.74) is 1.79. The highest BCUT2D eigenvalue weighted by molar-refractivity contribution is 14.1. The van der Waals surface area contributed by atoms with E-state index in [1.165, 1.54) is 0 Å². The van der Waals surface area contributed by atoms with Crippen molar-refractivity contribution in [1.29, 1.82) is 0 Å². The molecule has 1 aromatic carbocycles. The van der Waals surface area contributed by atoms with Crippen LogP contribution in [0.1, 0.15) is 19.0 Å². The molecule has 0 N–H and O–H groups in total. The Bertz CT molecular complexity index is 635. The summed E-state index contributed by atoms with van der Waals surface area (Å²) in [5.74, 6) is 1.21. The van der Waals surface area contributed by atoms with Crippen LogP contribution in [-0.4, -0.2) is 17.1 Å². The molecule has 0 amide bonds. The van der Waals surface area contributed by atoms with Crippen molar-refractivity contribution in [1.82, 2.24) is 9.97 Å². The lowest BCUT2D eigenvalue weighted by Crippen LogP contribution is -2.00. The number of ether oxygens (including phenoxy) is 1. The Morgan fingerprint density at radius 3 is 2.60 bits per heavy atom. The fourth-order valence-electron chi connectivity index (χ4n) is 1.80. The zero-order valence-electron chi connectivity index (χ0n) is 11.1. The maximum absolute atomic E-state index is 6.19. The van der Waals surface area contributed by atoms with Crippen molar-refractivity contribution < 1.29 is 4.74 Å². The Labute approximate surface area is 141 Å². The van der Waals surface area contributed by atoms with Gasteiger partial charge in [0.05, 0.1) is 21.4 Å². The Morgan fingerprint density at radius 2 is 2.00 bits per heavy atom. The van der Waals surface area contributed by atoms with Crippen LogP contribution in [0.4, 0.5) is 0 Å². The highest BCUT2D eigenvalue weighted by Gasteiger charge is 2.12. The highest BCUT2D eigenvalue weighted by Crippen LogP contribution is 2.30. The van der Waals surface area contributed by atoms with Crippen molar-refractivity contribution in [3.05, 3.63) is 37.6 Å². The van der Waals surface area contributed by atoms with Crippen LogP contribution in [0, 0.1) is 3.57 Å². The van der Waals surface area contributed by atoms with Gasteiger partial charge in [-0.05, 0) is 47.2 Å². The van der Waals surface area contributed by atoms with E-state index in [0.717, 1.165) is 27.7 Å². The van der Waals surface area contributed by atoms with Gasteiger partial charge in [0.2, 0.25) is 0 Å². The lowest BCUT2D eigenvalue weighted by Gasteiger charge is -2.09. The monoisotopic (exact) mass is 422 g/mol. The van der Waals surface area contributed by atoms with Crippen LogP contribution < -0.4 is 4.74 Å². The molecule has 20 heavy (non-hydrogen) atoms. The molecule has 0 aliphatic heterocycles. The molecule has 0 saturated heterocycles. The smallest absolute Gasteiger partial charge is 0.161 e.